The molecule has 2 heterocycles. The summed E-state index contributed by atoms with van der Waals surface area (Å²) in [5.41, 5.74) is 0. The molecule has 0 radical (unpaired) electrons. The first-order valence-electron chi connectivity index (χ1n) is 8.94. The molecule has 0 aromatic carbocycles. The lowest BCUT2D eigenvalue weighted by Gasteiger charge is -2.25. The summed E-state index contributed by atoms with van der Waals surface area (Å²) >= 11 is 3.58. The minimum absolute atomic E-state index is 0.288. The summed E-state index contributed by atoms with van der Waals surface area (Å²) in [6.45, 7) is 4.92. The van der Waals surface area contributed by atoms with Crippen molar-refractivity contribution in [3.63, 3.8) is 0 Å². The van der Waals surface area contributed by atoms with Gasteiger partial charge in [0.15, 0.2) is 5.16 Å². The molecule has 0 bridgehead atoms. The van der Waals surface area contributed by atoms with E-state index < -0.39 is 0 Å². The Kier molecular flexibility index (Phi) is 6.75. The van der Waals surface area contributed by atoms with Crippen LogP contribution in [0.4, 0.5) is 0 Å². The molecule has 1 aliphatic carbocycles. The largest absolute Gasteiger partial charge is 0.378 e. The summed E-state index contributed by atoms with van der Waals surface area (Å²) in [6, 6.07) is 4.87. The van der Waals surface area contributed by atoms with Crippen molar-refractivity contribution in [2.45, 2.75) is 69.7 Å². The zero-order valence-electron chi connectivity index (χ0n) is 14.6. The summed E-state index contributed by atoms with van der Waals surface area (Å²) in [7, 11) is 0. The Morgan fingerprint density at radius 3 is 2.83 bits per heavy atom. The highest BCUT2D eigenvalue weighted by Gasteiger charge is 2.23. The number of nitrogens with zero attached hydrogens (tertiary/aromatic N) is 3. The van der Waals surface area contributed by atoms with Crippen molar-refractivity contribution in [1.82, 2.24) is 14.8 Å². The topological polar surface area (TPSA) is 39.9 Å². The zero-order valence-corrected chi connectivity index (χ0v) is 16.2. The molecule has 1 saturated carbocycles. The Labute approximate surface area is 153 Å². The van der Waals surface area contributed by atoms with Crippen molar-refractivity contribution in [1.29, 1.82) is 0 Å². The Hall–Kier alpha value is -0.850. The maximum absolute atomic E-state index is 5.66. The quantitative estimate of drug-likeness (QED) is 0.490. The van der Waals surface area contributed by atoms with Crippen LogP contribution in [0.25, 0.3) is 0 Å². The van der Waals surface area contributed by atoms with E-state index in [1.165, 1.54) is 37.0 Å². The van der Waals surface area contributed by atoms with E-state index in [0.717, 1.165) is 29.8 Å². The van der Waals surface area contributed by atoms with E-state index in [2.05, 4.69) is 46.1 Å². The molecule has 6 heteroatoms. The average Bonchev–Trinajstić information content (AvgIpc) is 3.23. The van der Waals surface area contributed by atoms with Gasteiger partial charge in [-0.1, -0.05) is 37.1 Å². The van der Waals surface area contributed by atoms with E-state index in [4.69, 9.17) is 4.74 Å². The molecule has 24 heavy (non-hydrogen) atoms. The highest BCUT2D eigenvalue weighted by molar-refractivity contribution is 7.99. The van der Waals surface area contributed by atoms with E-state index in [1.54, 1.807) is 23.1 Å². The van der Waals surface area contributed by atoms with Crippen LogP contribution in [0.3, 0.4) is 0 Å². The third-order valence-electron chi connectivity index (χ3n) is 4.35. The second-order valence-electron chi connectivity index (χ2n) is 6.58. The third-order valence-corrected chi connectivity index (χ3v) is 6.14. The molecule has 4 nitrogen and oxygen atoms in total. The second kappa shape index (κ2) is 9.02. The number of aromatic nitrogens is 3. The molecule has 0 atom stereocenters. The van der Waals surface area contributed by atoms with Gasteiger partial charge in [0.25, 0.3) is 0 Å². The first kappa shape index (κ1) is 18.0. The predicted molar refractivity (Wildman–Crippen MR) is 101 cm³/mol. The van der Waals surface area contributed by atoms with Crippen molar-refractivity contribution in [2.75, 3.05) is 12.4 Å². The lowest BCUT2D eigenvalue weighted by Crippen LogP contribution is -2.17. The van der Waals surface area contributed by atoms with Gasteiger partial charge in [0, 0.05) is 23.1 Å². The van der Waals surface area contributed by atoms with E-state index in [9.17, 15) is 0 Å². The number of thiophene rings is 1. The van der Waals surface area contributed by atoms with Crippen molar-refractivity contribution in [3.05, 3.63) is 28.2 Å². The van der Waals surface area contributed by atoms with Crippen molar-refractivity contribution >= 4 is 23.1 Å². The van der Waals surface area contributed by atoms with Gasteiger partial charge in [0.1, 0.15) is 5.82 Å². The molecule has 0 N–H and O–H groups in total. The molecule has 0 amide bonds. The number of thioether (sulfide) groups is 1. The van der Waals surface area contributed by atoms with Crippen molar-refractivity contribution in [2.24, 2.45) is 0 Å². The average molecular weight is 366 g/mol. The molecule has 1 fully saturated rings. The number of hydrogen-bond acceptors (Lipinski definition) is 5. The highest BCUT2D eigenvalue weighted by atomic mass is 32.2. The number of ether oxygens (including phenoxy) is 1. The van der Waals surface area contributed by atoms with Gasteiger partial charge in [-0.2, -0.15) is 0 Å². The summed E-state index contributed by atoms with van der Waals surface area (Å²) in [5, 5.41) is 12.3. The van der Waals surface area contributed by atoms with E-state index in [1.807, 2.05) is 0 Å². The van der Waals surface area contributed by atoms with Crippen LogP contribution < -0.4 is 0 Å². The Bertz CT molecular complexity index is 604. The first-order valence-corrected chi connectivity index (χ1v) is 10.8. The van der Waals surface area contributed by atoms with Gasteiger partial charge in [0.2, 0.25) is 0 Å². The molecule has 2 aromatic heterocycles. The lowest BCUT2D eigenvalue weighted by atomic mass is 9.95. The number of hydrogen-bond donors (Lipinski definition) is 0. The summed E-state index contributed by atoms with van der Waals surface area (Å²) in [4.78, 5) is 1.36. The van der Waals surface area contributed by atoms with Crippen LogP contribution in [-0.2, 0) is 11.2 Å². The van der Waals surface area contributed by atoms with Crippen molar-refractivity contribution in [3.8, 4) is 0 Å². The van der Waals surface area contributed by atoms with E-state index >= 15 is 0 Å². The predicted octanol–water partition coefficient (Wildman–Crippen LogP) is 4.95. The van der Waals surface area contributed by atoms with Gasteiger partial charge in [-0.25, -0.2) is 0 Å². The molecule has 1 aliphatic rings. The fraction of sp³-hybridized carbons (Fsp3) is 0.667. The molecular formula is C18H27N3OS2. The lowest BCUT2D eigenvalue weighted by molar-refractivity contribution is 0.0920. The molecule has 0 spiro atoms. The van der Waals surface area contributed by atoms with Gasteiger partial charge in [-0.05, 0) is 38.1 Å². The van der Waals surface area contributed by atoms with Crippen LogP contribution in [0.2, 0.25) is 0 Å². The highest BCUT2D eigenvalue weighted by Crippen LogP contribution is 2.33. The zero-order chi connectivity index (χ0) is 16.8. The Balaban J connectivity index is 1.72. The second-order valence-corrected chi connectivity index (χ2v) is 8.68. The summed E-state index contributed by atoms with van der Waals surface area (Å²) in [5.74, 6) is 2.05. The standard InChI is InChI=1S/C18H27N3OS2/c1-14(2)22-10-12-24-18-20-19-17(13-16-9-6-11-23-16)21(18)15-7-4-3-5-8-15/h6,9,11,14-15H,3-5,7-8,10,12-13H2,1-2H3. The summed E-state index contributed by atoms with van der Waals surface area (Å²) < 4.78 is 8.09. The molecular weight excluding hydrogens is 338 g/mol. The van der Waals surface area contributed by atoms with Crippen LogP contribution in [0.5, 0.6) is 0 Å². The van der Waals surface area contributed by atoms with Crippen LogP contribution in [0, 0.1) is 0 Å². The normalized spacial score (nSPS) is 16.1. The third kappa shape index (κ3) is 4.83. The van der Waals surface area contributed by atoms with Gasteiger partial charge in [0.05, 0.1) is 12.7 Å². The smallest absolute Gasteiger partial charge is 0.191 e. The van der Waals surface area contributed by atoms with Crippen LogP contribution in [0.1, 0.15) is 62.7 Å². The number of rotatable bonds is 8. The maximum atomic E-state index is 5.66. The molecule has 0 aliphatic heterocycles. The summed E-state index contributed by atoms with van der Waals surface area (Å²) in [6.07, 6.45) is 7.70. The van der Waals surface area contributed by atoms with Gasteiger partial charge < -0.3 is 9.30 Å². The van der Waals surface area contributed by atoms with E-state index in [-0.39, 0.29) is 6.10 Å². The van der Waals surface area contributed by atoms with E-state index in [0.29, 0.717) is 6.04 Å². The monoisotopic (exact) mass is 365 g/mol. The first-order chi connectivity index (χ1) is 11.7. The van der Waals surface area contributed by atoms with Gasteiger partial charge in [-0.15, -0.1) is 21.5 Å². The maximum Gasteiger partial charge on any atom is 0.191 e. The molecule has 3 rings (SSSR count). The molecule has 132 valence electrons. The van der Waals surface area contributed by atoms with Crippen LogP contribution in [0.15, 0.2) is 22.7 Å². The Morgan fingerprint density at radius 1 is 1.29 bits per heavy atom. The fourth-order valence-electron chi connectivity index (χ4n) is 3.22. The van der Waals surface area contributed by atoms with Crippen molar-refractivity contribution < 1.29 is 4.74 Å². The molecule has 0 unspecified atom stereocenters. The van der Waals surface area contributed by atoms with Gasteiger partial charge in [-0.3, -0.25) is 0 Å². The van der Waals surface area contributed by atoms with Crippen LogP contribution >= 0.6 is 23.1 Å². The van der Waals surface area contributed by atoms with Gasteiger partial charge >= 0.3 is 0 Å². The molecule has 2 aromatic rings. The Morgan fingerprint density at radius 2 is 2.12 bits per heavy atom. The minimum atomic E-state index is 0.288. The fourth-order valence-corrected chi connectivity index (χ4v) is 4.77. The minimum Gasteiger partial charge on any atom is -0.378 e. The van der Waals surface area contributed by atoms with Crippen LogP contribution in [-0.4, -0.2) is 33.2 Å². The SMILES string of the molecule is CC(C)OCCSc1nnc(Cc2cccs2)n1C1CCCCC1. The molecule has 0 saturated heterocycles.